The largest absolute Gasteiger partial charge is 0.497 e. The lowest BCUT2D eigenvalue weighted by molar-refractivity contribution is -0.118. The summed E-state index contributed by atoms with van der Waals surface area (Å²) in [5.41, 5.74) is 1.88. The number of anilines is 2. The number of hydrogen-bond donors (Lipinski definition) is 3. The Bertz CT molecular complexity index is 1090. The second-order valence-corrected chi connectivity index (χ2v) is 9.83. The van der Waals surface area contributed by atoms with Gasteiger partial charge in [0.2, 0.25) is 15.9 Å². The lowest BCUT2D eigenvalue weighted by atomic mass is 10.0. The van der Waals surface area contributed by atoms with Crippen molar-refractivity contribution in [2.45, 2.75) is 33.7 Å². The maximum absolute atomic E-state index is 13.0. The standard InChI is InChI=1S/C23H31N3O6S/c1-7-33(29,30)26-20-9-8-17(10-15(20)4)24-23(28)21(14(2)3)25-22(27)16-11-18(31-5)13-19(12-16)32-6/h8-14,21,26H,7H2,1-6H3,(H,24,28)(H,25,27). The summed E-state index contributed by atoms with van der Waals surface area (Å²) in [6, 6.07) is 8.81. The van der Waals surface area contributed by atoms with Gasteiger partial charge in [0.25, 0.3) is 5.91 Å². The molecule has 0 radical (unpaired) electrons. The van der Waals surface area contributed by atoms with E-state index in [0.29, 0.717) is 34.0 Å². The topological polar surface area (TPSA) is 123 Å². The summed E-state index contributed by atoms with van der Waals surface area (Å²) in [4.78, 5) is 25.8. The molecule has 33 heavy (non-hydrogen) atoms. The van der Waals surface area contributed by atoms with E-state index in [9.17, 15) is 18.0 Å². The Morgan fingerprint density at radius 2 is 1.61 bits per heavy atom. The van der Waals surface area contributed by atoms with Gasteiger partial charge in [-0.2, -0.15) is 0 Å². The van der Waals surface area contributed by atoms with Crippen LogP contribution in [0.4, 0.5) is 11.4 Å². The Hall–Kier alpha value is -3.27. The Kier molecular flexibility index (Phi) is 8.69. The van der Waals surface area contributed by atoms with Gasteiger partial charge >= 0.3 is 0 Å². The first-order valence-electron chi connectivity index (χ1n) is 10.5. The molecule has 0 saturated carbocycles. The highest BCUT2D eigenvalue weighted by Gasteiger charge is 2.25. The first kappa shape index (κ1) is 26.0. The van der Waals surface area contributed by atoms with Crippen LogP contribution in [-0.4, -0.2) is 46.2 Å². The van der Waals surface area contributed by atoms with Gasteiger partial charge < -0.3 is 20.1 Å². The molecule has 2 rings (SSSR count). The molecule has 0 fully saturated rings. The summed E-state index contributed by atoms with van der Waals surface area (Å²) < 4.78 is 36.5. The first-order valence-corrected chi connectivity index (χ1v) is 12.1. The van der Waals surface area contributed by atoms with Crippen LogP contribution >= 0.6 is 0 Å². The highest BCUT2D eigenvalue weighted by Crippen LogP contribution is 2.24. The van der Waals surface area contributed by atoms with E-state index >= 15 is 0 Å². The van der Waals surface area contributed by atoms with Crippen molar-refractivity contribution in [2.24, 2.45) is 5.92 Å². The van der Waals surface area contributed by atoms with E-state index in [0.717, 1.165) is 0 Å². The van der Waals surface area contributed by atoms with Crippen molar-refractivity contribution in [2.75, 3.05) is 30.0 Å². The van der Waals surface area contributed by atoms with Crippen molar-refractivity contribution in [3.8, 4) is 11.5 Å². The van der Waals surface area contributed by atoms with Crippen LogP contribution in [0.1, 0.15) is 36.7 Å². The summed E-state index contributed by atoms with van der Waals surface area (Å²) >= 11 is 0. The molecule has 0 heterocycles. The summed E-state index contributed by atoms with van der Waals surface area (Å²) in [7, 11) is -0.434. The zero-order chi connectivity index (χ0) is 24.8. The van der Waals surface area contributed by atoms with Crippen LogP contribution in [0, 0.1) is 12.8 Å². The van der Waals surface area contributed by atoms with Crippen LogP contribution in [-0.2, 0) is 14.8 Å². The molecule has 0 bridgehead atoms. The third-order valence-corrected chi connectivity index (χ3v) is 6.28. The minimum atomic E-state index is -3.41. The Balaban J connectivity index is 2.17. The highest BCUT2D eigenvalue weighted by atomic mass is 32.2. The van der Waals surface area contributed by atoms with E-state index < -0.39 is 27.9 Å². The van der Waals surface area contributed by atoms with Gasteiger partial charge in [0, 0.05) is 17.3 Å². The minimum absolute atomic E-state index is 0.0418. The lowest BCUT2D eigenvalue weighted by Crippen LogP contribution is -2.47. The number of aryl methyl sites for hydroxylation is 1. The van der Waals surface area contributed by atoms with E-state index in [1.165, 1.54) is 14.2 Å². The second-order valence-electron chi connectivity index (χ2n) is 7.82. The maximum atomic E-state index is 13.0. The van der Waals surface area contributed by atoms with Crippen LogP contribution in [0.2, 0.25) is 0 Å². The second kappa shape index (κ2) is 11.0. The van der Waals surface area contributed by atoms with Crippen molar-refractivity contribution in [1.29, 1.82) is 0 Å². The highest BCUT2D eigenvalue weighted by molar-refractivity contribution is 7.92. The van der Waals surface area contributed by atoms with Gasteiger partial charge in [0.1, 0.15) is 17.5 Å². The number of carbonyl (C=O) groups excluding carboxylic acids is 2. The number of benzene rings is 2. The molecule has 3 N–H and O–H groups in total. The number of methoxy groups -OCH3 is 2. The van der Waals surface area contributed by atoms with Gasteiger partial charge in [0.05, 0.1) is 25.7 Å². The van der Waals surface area contributed by atoms with E-state index in [4.69, 9.17) is 9.47 Å². The molecule has 0 aliphatic rings. The van der Waals surface area contributed by atoms with E-state index in [2.05, 4.69) is 15.4 Å². The molecular weight excluding hydrogens is 446 g/mol. The summed E-state index contributed by atoms with van der Waals surface area (Å²) in [5, 5.41) is 5.56. The van der Waals surface area contributed by atoms with Crippen LogP contribution < -0.4 is 24.8 Å². The van der Waals surface area contributed by atoms with Crippen molar-refractivity contribution in [3.05, 3.63) is 47.5 Å². The van der Waals surface area contributed by atoms with E-state index in [1.807, 2.05) is 13.8 Å². The third kappa shape index (κ3) is 7.11. The van der Waals surface area contributed by atoms with Crippen LogP contribution in [0.3, 0.4) is 0 Å². The number of nitrogens with one attached hydrogen (secondary N) is 3. The van der Waals surface area contributed by atoms with Crippen molar-refractivity contribution in [1.82, 2.24) is 5.32 Å². The van der Waals surface area contributed by atoms with Crippen LogP contribution in [0.15, 0.2) is 36.4 Å². The number of sulfonamides is 1. The lowest BCUT2D eigenvalue weighted by Gasteiger charge is -2.22. The van der Waals surface area contributed by atoms with Gasteiger partial charge in [-0.05, 0) is 55.7 Å². The molecule has 0 spiro atoms. The summed E-state index contributed by atoms with van der Waals surface area (Å²) in [6.07, 6.45) is 0. The third-order valence-electron chi connectivity index (χ3n) is 4.99. The molecule has 0 saturated heterocycles. The predicted molar refractivity (Wildman–Crippen MR) is 129 cm³/mol. The van der Waals surface area contributed by atoms with Gasteiger partial charge in [-0.1, -0.05) is 13.8 Å². The predicted octanol–water partition coefficient (Wildman–Crippen LogP) is 3.17. The number of ether oxygens (including phenoxy) is 2. The number of rotatable bonds is 10. The maximum Gasteiger partial charge on any atom is 0.252 e. The molecule has 1 unspecified atom stereocenters. The van der Waals surface area contributed by atoms with Crippen LogP contribution in [0.25, 0.3) is 0 Å². The SMILES string of the molecule is CCS(=O)(=O)Nc1ccc(NC(=O)C(NC(=O)c2cc(OC)cc(OC)c2)C(C)C)cc1C. The smallest absolute Gasteiger partial charge is 0.252 e. The number of amides is 2. The molecule has 2 amide bonds. The first-order chi connectivity index (χ1) is 15.5. The number of carbonyl (C=O) groups is 2. The average Bonchev–Trinajstić information content (AvgIpc) is 2.78. The fourth-order valence-electron chi connectivity index (χ4n) is 3.01. The quantitative estimate of drug-likeness (QED) is 0.483. The zero-order valence-electron chi connectivity index (χ0n) is 19.7. The number of hydrogen-bond acceptors (Lipinski definition) is 6. The van der Waals surface area contributed by atoms with Crippen LogP contribution in [0.5, 0.6) is 11.5 Å². The minimum Gasteiger partial charge on any atom is -0.497 e. The Morgan fingerprint density at radius 3 is 2.09 bits per heavy atom. The molecule has 0 aliphatic heterocycles. The van der Waals surface area contributed by atoms with Crippen molar-refractivity contribution < 1.29 is 27.5 Å². The molecular formula is C23H31N3O6S. The van der Waals surface area contributed by atoms with E-state index in [-0.39, 0.29) is 11.7 Å². The fourth-order valence-corrected chi connectivity index (χ4v) is 3.72. The molecule has 9 nitrogen and oxygen atoms in total. The normalized spacial score (nSPS) is 12.1. The molecule has 180 valence electrons. The molecule has 0 aromatic heterocycles. The average molecular weight is 478 g/mol. The van der Waals surface area contributed by atoms with Gasteiger partial charge in [0.15, 0.2) is 0 Å². The zero-order valence-corrected chi connectivity index (χ0v) is 20.5. The monoisotopic (exact) mass is 477 g/mol. The van der Waals surface area contributed by atoms with Crippen molar-refractivity contribution in [3.63, 3.8) is 0 Å². The Morgan fingerprint density at radius 1 is 1.00 bits per heavy atom. The van der Waals surface area contributed by atoms with Gasteiger partial charge in [-0.3, -0.25) is 14.3 Å². The Labute approximate surface area is 194 Å². The summed E-state index contributed by atoms with van der Waals surface area (Å²) in [5.74, 6) is -0.160. The van der Waals surface area contributed by atoms with Gasteiger partial charge in [-0.25, -0.2) is 8.42 Å². The van der Waals surface area contributed by atoms with Gasteiger partial charge in [-0.15, -0.1) is 0 Å². The molecule has 2 aromatic rings. The molecule has 0 aliphatic carbocycles. The molecule has 10 heteroatoms. The molecule has 2 aromatic carbocycles. The summed E-state index contributed by atoms with van der Waals surface area (Å²) in [6.45, 7) is 6.93. The fraction of sp³-hybridized carbons (Fsp3) is 0.391. The molecule has 1 atom stereocenters. The van der Waals surface area contributed by atoms with Crippen molar-refractivity contribution >= 4 is 33.2 Å². The van der Waals surface area contributed by atoms with E-state index in [1.54, 1.807) is 50.2 Å².